The molecule has 0 radical (unpaired) electrons. The minimum absolute atomic E-state index is 0.152. The summed E-state index contributed by atoms with van der Waals surface area (Å²) in [6.07, 6.45) is 5.48. The molecule has 0 atom stereocenters. The van der Waals surface area contributed by atoms with Crippen molar-refractivity contribution in [2.24, 2.45) is 0 Å². The maximum atomic E-state index is 12.3. The number of ether oxygens (including phenoxy) is 1. The first-order valence-electron chi connectivity index (χ1n) is 15.6. The summed E-state index contributed by atoms with van der Waals surface area (Å²) in [6, 6.07) is 9.24. The molecule has 0 aliphatic heterocycles. The molecule has 252 valence electrons. The highest BCUT2D eigenvalue weighted by Crippen LogP contribution is 2.37. The predicted octanol–water partition coefficient (Wildman–Crippen LogP) is 10.8. The Kier molecular flexibility index (Phi) is 12.6. The zero-order valence-corrected chi connectivity index (χ0v) is 30.6. The van der Waals surface area contributed by atoms with Crippen LogP contribution in [-0.2, 0) is 0 Å². The van der Waals surface area contributed by atoms with Crippen molar-refractivity contribution < 1.29 is 13.9 Å². The van der Waals surface area contributed by atoms with Crippen molar-refractivity contribution in [2.75, 3.05) is 19.7 Å². The van der Waals surface area contributed by atoms with Gasteiger partial charge in [0.2, 0.25) is 11.2 Å². The van der Waals surface area contributed by atoms with Gasteiger partial charge in [0.25, 0.3) is 0 Å². The van der Waals surface area contributed by atoms with Crippen molar-refractivity contribution >= 4 is 63.5 Å². The number of para-hydroxylation sites is 1. The van der Waals surface area contributed by atoms with Crippen LogP contribution in [-0.4, -0.2) is 54.7 Å². The Balaban J connectivity index is 0.000000213. The number of nitrogens with zero attached hydrogens (tertiary/aromatic N) is 6. The van der Waals surface area contributed by atoms with Crippen LogP contribution in [0.4, 0.5) is 4.79 Å². The third-order valence-corrected chi connectivity index (χ3v) is 8.28. The van der Waals surface area contributed by atoms with Crippen LogP contribution in [0, 0.1) is 0 Å². The molecule has 3 aromatic heterocycles. The average molecular weight is 723 g/mol. The van der Waals surface area contributed by atoms with E-state index in [0.717, 1.165) is 34.5 Å². The topological polar surface area (TPSA) is 91.2 Å². The molecule has 0 unspecified atom stereocenters. The monoisotopic (exact) mass is 720 g/mol. The van der Waals surface area contributed by atoms with Crippen molar-refractivity contribution in [1.82, 2.24) is 29.0 Å². The molecule has 0 aliphatic carbocycles. The van der Waals surface area contributed by atoms with E-state index in [2.05, 4.69) is 51.5 Å². The number of hydrogen-bond acceptors (Lipinski definition) is 6. The van der Waals surface area contributed by atoms with Crippen LogP contribution in [0.3, 0.4) is 0 Å². The zero-order valence-electron chi connectivity index (χ0n) is 27.6. The second-order valence-electron chi connectivity index (χ2n) is 11.9. The first-order valence-corrected chi connectivity index (χ1v) is 17.1. The normalized spacial score (nSPS) is 11.4. The van der Waals surface area contributed by atoms with E-state index in [0.29, 0.717) is 56.9 Å². The molecule has 47 heavy (non-hydrogen) atoms. The quantitative estimate of drug-likeness (QED) is 0.143. The number of halogens is 4. The molecule has 3 heterocycles. The number of hydrogen-bond donors (Lipinski definition) is 0. The molecular weight excluding hydrogens is 682 g/mol. The van der Waals surface area contributed by atoms with Crippen LogP contribution in [0.2, 0.25) is 20.4 Å². The number of carbonyl (C=O) groups is 1. The molecule has 0 saturated carbocycles. The lowest BCUT2D eigenvalue weighted by Gasteiger charge is -2.22. The molecule has 9 nitrogen and oxygen atoms in total. The minimum Gasteiger partial charge on any atom is -0.489 e. The third-order valence-electron chi connectivity index (χ3n) is 7.24. The second-order valence-corrected chi connectivity index (χ2v) is 13.5. The fraction of sp³-hybridized carbons (Fsp3) is 0.412. The number of carbonyl (C=O) groups excluding carboxylic acids is 1. The smallest absolute Gasteiger partial charge is 0.329 e. The zero-order chi connectivity index (χ0) is 34.4. The van der Waals surface area contributed by atoms with Gasteiger partial charge in [0.1, 0.15) is 24.2 Å². The third kappa shape index (κ3) is 8.62. The van der Waals surface area contributed by atoms with Crippen LogP contribution in [0.1, 0.15) is 84.2 Å². The Labute approximate surface area is 295 Å². The molecule has 0 fully saturated rings. The predicted molar refractivity (Wildman–Crippen MR) is 191 cm³/mol. The Bertz CT molecular complexity index is 1750. The van der Waals surface area contributed by atoms with Crippen molar-refractivity contribution in [2.45, 2.75) is 72.8 Å². The highest BCUT2D eigenvalue weighted by molar-refractivity contribution is 6.40. The molecule has 2 aromatic carbocycles. The molecule has 5 aromatic rings. The van der Waals surface area contributed by atoms with Crippen LogP contribution in [0.5, 0.6) is 5.75 Å². The molecule has 5 rings (SSSR count). The van der Waals surface area contributed by atoms with E-state index in [1.165, 1.54) is 10.9 Å². The highest BCUT2D eigenvalue weighted by Gasteiger charge is 2.23. The number of amides is 1. The standard InChI is InChI=1S/C19H24ClN3O.C15H16Cl3N3O2/c1-10(2)15-17(11(3)4)24-18(21-15)13-8-7-9-14-16(13)22-19(20)23(14)12(5)6;1-2-4-20(15(22)21-5-3-19-10-21)6-7-23-14-12(17)8-11(16)9-13(14)18/h7-12H,1-6H3;3,5,8-10H,2,4,6-7H2,1H3. The summed E-state index contributed by atoms with van der Waals surface area (Å²) in [5.41, 5.74) is 3.75. The van der Waals surface area contributed by atoms with E-state index in [9.17, 15) is 4.79 Å². The summed E-state index contributed by atoms with van der Waals surface area (Å²) < 4.78 is 15.2. The summed E-state index contributed by atoms with van der Waals surface area (Å²) >= 11 is 24.4. The largest absolute Gasteiger partial charge is 0.489 e. The van der Waals surface area contributed by atoms with Gasteiger partial charge in [-0.3, -0.25) is 4.57 Å². The molecule has 13 heteroatoms. The SMILES string of the molecule is CC(C)c1nc(-c2cccc3c2nc(Cl)n3C(C)C)oc1C(C)C.CCCN(CCOc1c(Cl)cc(Cl)cc1Cl)C(=O)n1ccnc1. The van der Waals surface area contributed by atoms with Gasteiger partial charge in [-0.25, -0.2) is 19.7 Å². The summed E-state index contributed by atoms with van der Waals surface area (Å²) in [5.74, 6) is 2.55. The highest BCUT2D eigenvalue weighted by atomic mass is 35.5. The van der Waals surface area contributed by atoms with Gasteiger partial charge >= 0.3 is 6.03 Å². The Morgan fingerprint density at radius 2 is 1.68 bits per heavy atom. The maximum absolute atomic E-state index is 12.3. The first kappa shape index (κ1) is 36.6. The fourth-order valence-corrected chi connectivity index (χ4v) is 6.37. The van der Waals surface area contributed by atoms with E-state index >= 15 is 0 Å². The lowest BCUT2D eigenvalue weighted by Crippen LogP contribution is -2.37. The number of imidazole rings is 2. The summed E-state index contributed by atoms with van der Waals surface area (Å²) in [6.45, 7) is 16.0. The lowest BCUT2D eigenvalue weighted by molar-refractivity contribution is 0.184. The summed E-state index contributed by atoms with van der Waals surface area (Å²) in [5, 5.41) is 1.61. The van der Waals surface area contributed by atoms with E-state index in [4.69, 9.17) is 60.5 Å². The van der Waals surface area contributed by atoms with Gasteiger partial charge in [0, 0.05) is 35.9 Å². The van der Waals surface area contributed by atoms with Gasteiger partial charge in [-0.1, -0.05) is 75.5 Å². The molecule has 0 aliphatic rings. The molecule has 0 bridgehead atoms. The number of oxazole rings is 1. The lowest BCUT2D eigenvalue weighted by atomic mass is 10.0. The van der Waals surface area contributed by atoms with Crippen molar-refractivity contribution in [3.63, 3.8) is 0 Å². The van der Waals surface area contributed by atoms with Crippen LogP contribution in [0.25, 0.3) is 22.5 Å². The molecular formula is C34H40Cl4N6O3. The second kappa shape index (κ2) is 16.2. The summed E-state index contributed by atoms with van der Waals surface area (Å²) in [7, 11) is 0. The van der Waals surface area contributed by atoms with E-state index < -0.39 is 0 Å². The van der Waals surface area contributed by atoms with Crippen LogP contribution < -0.4 is 4.74 Å². The van der Waals surface area contributed by atoms with Crippen LogP contribution >= 0.6 is 46.4 Å². The number of aromatic nitrogens is 5. The average Bonchev–Trinajstić information content (AvgIpc) is 3.76. The van der Waals surface area contributed by atoms with E-state index in [1.807, 2.05) is 29.7 Å². The summed E-state index contributed by atoms with van der Waals surface area (Å²) in [4.78, 5) is 27.2. The number of rotatable bonds is 10. The Morgan fingerprint density at radius 1 is 0.979 bits per heavy atom. The van der Waals surface area contributed by atoms with Crippen LogP contribution in [0.15, 0.2) is 53.5 Å². The Morgan fingerprint density at radius 3 is 2.23 bits per heavy atom. The fourth-order valence-electron chi connectivity index (χ4n) is 5.07. The Hall–Kier alpha value is -3.24. The van der Waals surface area contributed by atoms with Crippen molar-refractivity contribution in [3.05, 3.63) is 80.9 Å². The number of benzene rings is 2. The maximum Gasteiger partial charge on any atom is 0.329 e. The first-order chi connectivity index (χ1) is 22.3. The van der Waals surface area contributed by atoms with Crippen molar-refractivity contribution in [3.8, 4) is 17.2 Å². The number of fused-ring (bicyclic) bond motifs is 1. The van der Waals surface area contributed by atoms with Crippen molar-refractivity contribution in [1.29, 1.82) is 0 Å². The van der Waals surface area contributed by atoms with E-state index in [-0.39, 0.29) is 18.7 Å². The molecule has 1 amide bonds. The van der Waals surface area contributed by atoms with Gasteiger partial charge in [-0.15, -0.1) is 0 Å². The minimum atomic E-state index is -0.152. The van der Waals surface area contributed by atoms with Gasteiger partial charge in [0.05, 0.1) is 33.4 Å². The van der Waals surface area contributed by atoms with E-state index in [1.54, 1.807) is 29.4 Å². The molecule has 0 N–H and O–H groups in total. The van der Waals surface area contributed by atoms with Gasteiger partial charge < -0.3 is 18.6 Å². The van der Waals surface area contributed by atoms with Gasteiger partial charge in [-0.2, -0.15) is 0 Å². The molecule has 0 saturated heterocycles. The van der Waals surface area contributed by atoms with Gasteiger partial charge in [0.15, 0.2) is 5.75 Å². The molecule has 0 spiro atoms. The van der Waals surface area contributed by atoms with Gasteiger partial charge in [-0.05, 0) is 62.1 Å².